The highest BCUT2D eigenvalue weighted by molar-refractivity contribution is 6.99. The highest BCUT2D eigenvalue weighted by Crippen LogP contribution is 2.42. The quantitative estimate of drug-likeness (QED) is 0.296. The van der Waals surface area contributed by atoms with Crippen LogP contribution in [0.2, 0.25) is 5.04 Å². The van der Waals surface area contributed by atoms with E-state index in [1.165, 1.54) is 10.4 Å². The van der Waals surface area contributed by atoms with Crippen LogP contribution >= 0.6 is 0 Å². The fraction of sp³-hybridized carbons (Fsp3) is 0.276. The minimum atomic E-state index is -2.78. The zero-order chi connectivity index (χ0) is 23.2. The zero-order valence-corrected chi connectivity index (χ0v) is 20.6. The van der Waals surface area contributed by atoms with Crippen molar-refractivity contribution in [3.8, 4) is 0 Å². The predicted molar refractivity (Wildman–Crippen MR) is 137 cm³/mol. The summed E-state index contributed by atoms with van der Waals surface area (Å²) in [6, 6.07) is 31.5. The standard InChI is InChI=1S/C29H34O2Si/c1-6-24(22-23(2)30)28(25-16-10-7-11-17-25)31-32(29(3,4)5,26-18-12-8-13-19-26)27-20-14-9-15-21-27/h6-21,24,28H,1,22H2,2-5H3/t24-,28+/m0/s1. The number of hydrogen-bond acceptors (Lipinski definition) is 2. The summed E-state index contributed by atoms with van der Waals surface area (Å²) in [7, 11) is -2.78. The molecule has 2 nitrogen and oxygen atoms in total. The van der Waals surface area contributed by atoms with Gasteiger partial charge in [-0.3, -0.25) is 0 Å². The van der Waals surface area contributed by atoms with Crippen molar-refractivity contribution in [3.05, 3.63) is 109 Å². The summed E-state index contributed by atoms with van der Waals surface area (Å²) in [5.74, 6) is 0.0263. The van der Waals surface area contributed by atoms with Crippen LogP contribution in [0.3, 0.4) is 0 Å². The fourth-order valence-electron chi connectivity index (χ4n) is 4.57. The lowest BCUT2D eigenvalue weighted by Crippen LogP contribution is -2.67. The molecule has 166 valence electrons. The number of ketones is 1. The maximum Gasteiger partial charge on any atom is 0.261 e. The van der Waals surface area contributed by atoms with Gasteiger partial charge in [0.05, 0.1) is 6.10 Å². The average Bonchev–Trinajstić information content (AvgIpc) is 2.79. The molecule has 0 saturated carbocycles. The van der Waals surface area contributed by atoms with Gasteiger partial charge in [0.2, 0.25) is 0 Å². The summed E-state index contributed by atoms with van der Waals surface area (Å²) in [6.07, 6.45) is 2.02. The average molecular weight is 443 g/mol. The molecule has 3 aromatic carbocycles. The lowest BCUT2D eigenvalue weighted by molar-refractivity contribution is -0.118. The van der Waals surface area contributed by atoms with Crippen LogP contribution in [0.15, 0.2) is 104 Å². The molecular formula is C29H34O2Si. The molecule has 32 heavy (non-hydrogen) atoms. The molecule has 3 rings (SSSR count). The van der Waals surface area contributed by atoms with E-state index in [0.29, 0.717) is 6.42 Å². The number of carbonyl (C=O) groups is 1. The van der Waals surface area contributed by atoms with Gasteiger partial charge in [0.1, 0.15) is 5.78 Å². The number of benzene rings is 3. The van der Waals surface area contributed by atoms with Gasteiger partial charge in [-0.2, -0.15) is 0 Å². The molecule has 0 fully saturated rings. The molecule has 0 saturated heterocycles. The van der Waals surface area contributed by atoms with E-state index in [9.17, 15) is 4.79 Å². The van der Waals surface area contributed by atoms with E-state index in [2.05, 4.69) is 88.0 Å². The van der Waals surface area contributed by atoms with Gasteiger partial charge >= 0.3 is 0 Å². The highest BCUT2D eigenvalue weighted by atomic mass is 28.4. The third-order valence-corrected chi connectivity index (χ3v) is 11.1. The molecule has 0 bridgehead atoms. The summed E-state index contributed by atoms with van der Waals surface area (Å²) < 4.78 is 7.43. The number of carbonyl (C=O) groups excluding carboxylic acids is 1. The number of Topliss-reactive ketones (excluding diaryl/α,β-unsaturated/α-hetero) is 1. The van der Waals surface area contributed by atoms with Gasteiger partial charge in [-0.05, 0) is 27.9 Å². The Morgan fingerprint density at radius 3 is 1.69 bits per heavy atom. The first-order valence-electron chi connectivity index (χ1n) is 11.3. The largest absolute Gasteiger partial charge is 0.400 e. The molecule has 0 unspecified atom stereocenters. The molecule has 0 amide bonds. The van der Waals surface area contributed by atoms with E-state index in [1.54, 1.807) is 6.92 Å². The van der Waals surface area contributed by atoms with Gasteiger partial charge in [0.15, 0.2) is 0 Å². The lowest BCUT2D eigenvalue weighted by Gasteiger charge is -2.46. The Hall–Kier alpha value is -2.75. The maximum atomic E-state index is 12.2. The van der Waals surface area contributed by atoms with E-state index in [4.69, 9.17) is 4.43 Å². The van der Waals surface area contributed by atoms with Gasteiger partial charge in [-0.15, -0.1) is 6.58 Å². The van der Waals surface area contributed by atoms with E-state index in [1.807, 2.05) is 36.4 Å². The second-order valence-corrected chi connectivity index (χ2v) is 13.7. The van der Waals surface area contributed by atoms with Crippen LogP contribution in [0.25, 0.3) is 0 Å². The second kappa shape index (κ2) is 10.2. The summed E-state index contributed by atoms with van der Waals surface area (Å²) >= 11 is 0. The minimum absolute atomic E-state index is 0.114. The van der Waals surface area contributed by atoms with E-state index < -0.39 is 8.32 Å². The van der Waals surface area contributed by atoms with Crippen molar-refractivity contribution in [1.29, 1.82) is 0 Å². The zero-order valence-electron chi connectivity index (χ0n) is 19.6. The first kappa shape index (κ1) is 23.9. The number of rotatable bonds is 9. The summed E-state index contributed by atoms with van der Waals surface area (Å²) in [4.78, 5) is 12.2. The summed E-state index contributed by atoms with van der Waals surface area (Å²) in [6.45, 7) is 12.5. The Kier molecular flexibility index (Phi) is 7.65. The fourth-order valence-corrected chi connectivity index (χ4v) is 9.28. The minimum Gasteiger partial charge on any atom is -0.400 e. The molecule has 0 aliphatic rings. The van der Waals surface area contributed by atoms with Crippen LogP contribution in [0.4, 0.5) is 0 Å². The molecule has 0 spiro atoms. The summed E-state index contributed by atoms with van der Waals surface area (Å²) in [5, 5.41) is 2.31. The third kappa shape index (κ3) is 5.00. The Bertz CT molecular complexity index is 968. The molecule has 2 atom stereocenters. The summed E-state index contributed by atoms with van der Waals surface area (Å²) in [5.41, 5.74) is 1.08. The monoisotopic (exact) mass is 442 g/mol. The van der Waals surface area contributed by atoms with E-state index >= 15 is 0 Å². The van der Waals surface area contributed by atoms with Gasteiger partial charge in [-0.25, -0.2) is 0 Å². The van der Waals surface area contributed by atoms with Crippen molar-refractivity contribution in [2.24, 2.45) is 5.92 Å². The van der Waals surface area contributed by atoms with Gasteiger partial charge in [-0.1, -0.05) is 118 Å². The van der Waals surface area contributed by atoms with Gasteiger partial charge in [0.25, 0.3) is 8.32 Å². The van der Waals surface area contributed by atoms with Crippen molar-refractivity contribution in [2.45, 2.75) is 45.3 Å². The predicted octanol–water partition coefficient (Wildman–Crippen LogP) is 6.09. The molecule has 0 aliphatic heterocycles. The molecule has 0 aromatic heterocycles. The Morgan fingerprint density at radius 1 is 0.875 bits per heavy atom. The first-order valence-corrected chi connectivity index (χ1v) is 13.2. The van der Waals surface area contributed by atoms with Crippen LogP contribution in [0.5, 0.6) is 0 Å². The number of hydrogen-bond donors (Lipinski definition) is 0. The van der Waals surface area contributed by atoms with Crippen molar-refractivity contribution < 1.29 is 9.22 Å². The van der Waals surface area contributed by atoms with Gasteiger partial charge in [0, 0.05) is 12.3 Å². The second-order valence-electron chi connectivity index (χ2n) is 9.42. The SMILES string of the molecule is C=C[C@@H](CC(C)=O)[C@@H](O[Si](c1ccccc1)(c1ccccc1)C(C)(C)C)c1ccccc1. The van der Waals surface area contributed by atoms with Crippen molar-refractivity contribution in [2.75, 3.05) is 0 Å². The van der Waals surface area contributed by atoms with E-state index in [-0.39, 0.29) is 22.8 Å². The molecule has 3 heteroatoms. The molecule has 0 aliphatic carbocycles. The normalized spacial score (nSPS) is 13.9. The molecule has 0 radical (unpaired) electrons. The Morgan fingerprint density at radius 2 is 1.31 bits per heavy atom. The van der Waals surface area contributed by atoms with Crippen molar-refractivity contribution in [3.63, 3.8) is 0 Å². The van der Waals surface area contributed by atoms with Crippen molar-refractivity contribution in [1.82, 2.24) is 0 Å². The van der Waals surface area contributed by atoms with Crippen molar-refractivity contribution >= 4 is 24.5 Å². The molecular weight excluding hydrogens is 408 g/mol. The van der Waals surface area contributed by atoms with Crippen LogP contribution in [0, 0.1) is 5.92 Å². The third-order valence-electron chi connectivity index (χ3n) is 6.06. The van der Waals surface area contributed by atoms with Crippen LogP contribution in [-0.4, -0.2) is 14.1 Å². The maximum absolute atomic E-state index is 12.2. The van der Waals surface area contributed by atoms with E-state index in [0.717, 1.165) is 5.56 Å². The molecule has 0 N–H and O–H groups in total. The first-order chi connectivity index (χ1) is 15.3. The van der Waals surface area contributed by atoms with Crippen LogP contribution in [0.1, 0.15) is 45.8 Å². The van der Waals surface area contributed by atoms with Crippen LogP contribution in [-0.2, 0) is 9.22 Å². The molecule has 3 aromatic rings. The Labute approximate surface area is 194 Å². The molecule has 0 heterocycles. The Balaban J connectivity index is 2.27. The van der Waals surface area contributed by atoms with Crippen LogP contribution < -0.4 is 10.4 Å². The highest BCUT2D eigenvalue weighted by Gasteiger charge is 2.52. The lowest BCUT2D eigenvalue weighted by atomic mass is 9.92. The topological polar surface area (TPSA) is 26.3 Å². The smallest absolute Gasteiger partial charge is 0.261 e. The van der Waals surface area contributed by atoms with Gasteiger partial charge < -0.3 is 9.22 Å².